The Kier molecular flexibility index (Phi) is 3.60. The van der Waals surface area contributed by atoms with Crippen molar-refractivity contribution >= 4 is 29.1 Å². The number of ether oxygens (including phenoxy) is 1. The van der Waals surface area contributed by atoms with Crippen molar-refractivity contribution in [2.24, 2.45) is 0 Å². The van der Waals surface area contributed by atoms with E-state index in [0.717, 1.165) is 5.56 Å². The standard InChI is InChI=1S/C14H11N3O4S/c18-12-11(21-7-8-4-2-1-3-5-8)10(13(19)20)16-14-15-9(22)6-17(12)14/h1-5H,6-7H2,(H,19,20)(H,15,16,22). The lowest BCUT2D eigenvalue weighted by molar-refractivity contribution is 0.0684. The lowest BCUT2D eigenvalue weighted by Gasteiger charge is -2.10. The van der Waals surface area contributed by atoms with Gasteiger partial charge in [-0.25, -0.2) is 9.78 Å². The van der Waals surface area contributed by atoms with Gasteiger partial charge in [0.25, 0.3) is 5.56 Å². The summed E-state index contributed by atoms with van der Waals surface area (Å²) >= 11 is 4.98. The first kappa shape index (κ1) is 14.2. The Bertz CT molecular complexity index is 817. The van der Waals surface area contributed by atoms with Gasteiger partial charge >= 0.3 is 5.97 Å². The molecule has 0 saturated heterocycles. The number of hydrogen-bond acceptors (Lipinski definition) is 5. The molecule has 3 rings (SSSR count). The molecule has 8 heteroatoms. The lowest BCUT2D eigenvalue weighted by atomic mass is 10.2. The van der Waals surface area contributed by atoms with Crippen molar-refractivity contribution in [1.82, 2.24) is 9.55 Å². The van der Waals surface area contributed by atoms with Crippen LogP contribution in [0.2, 0.25) is 0 Å². The number of aromatic nitrogens is 2. The number of hydrogen-bond donors (Lipinski definition) is 2. The molecule has 1 aromatic heterocycles. The van der Waals surface area contributed by atoms with Crippen LogP contribution in [0.15, 0.2) is 35.1 Å². The fourth-order valence-electron chi connectivity index (χ4n) is 2.09. The van der Waals surface area contributed by atoms with E-state index in [1.807, 2.05) is 30.3 Å². The molecule has 0 unspecified atom stereocenters. The van der Waals surface area contributed by atoms with Gasteiger partial charge in [-0.15, -0.1) is 0 Å². The molecule has 2 aromatic rings. The molecule has 1 aliphatic rings. The average molecular weight is 317 g/mol. The van der Waals surface area contributed by atoms with Crippen LogP contribution in [0.5, 0.6) is 5.75 Å². The maximum Gasteiger partial charge on any atom is 0.358 e. The van der Waals surface area contributed by atoms with Gasteiger partial charge < -0.3 is 15.2 Å². The Morgan fingerprint density at radius 1 is 1.41 bits per heavy atom. The number of anilines is 1. The van der Waals surface area contributed by atoms with Crippen LogP contribution >= 0.6 is 12.2 Å². The molecule has 22 heavy (non-hydrogen) atoms. The first-order chi connectivity index (χ1) is 10.6. The monoisotopic (exact) mass is 317 g/mol. The van der Waals surface area contributed by atoms with Gasteiger partial charge in [0, 0.05) is 0 Å². The van der Waals surface area contributed by atoms with Crippen LogP contribution in [0.25, 0.3) is 0 Å². The molecule has 0 bridgehead atoms. The minimum Gasteiger partial charge on any atom is -0.481 e. The fourth-order valence-corrected chi connectivity index (χ4v) is 2.31. The highest BCUT2D eigenvalue weighted by atomic mass is 32.1. The van der Waals surface area contributed by atoms with E-state index in [2.05, 4.69) is 10.3 Å². The van der Waals surface area contributed by atoms with Crippen molar-refractivity contribution in [2.45, 2.75) is 13.2 Å². The third-order valence-corrected chi connectivity index (χ3v) is 3.34. The van der Waals surface area contributed by atoms with Crippen LogP contribution in [0.4, 0.5) is 5.95 Å². The molecule has 0 atom stereocenters. The van der Waals surface area contributed by atoms with Crippen LogP contribution in [0.3, 0.4) is 0 Å². The van der Waals surface area contributed by atoms with Gasteiger partial charge in [0.2, 0.25) is 11.7 Å². The number of rotatable bonds is 4. The smallest absolute Gasteiger partial charge is 0.358 e. The van der Waals surface area contributed by atoms with Crippen LogP contribution in [-0.4, -0.2) is 25.6 Å². The van der Waals surface area contributed by atoms with E-state index in [1.165, 1.54) is 4.57 Å². The van der Waals surface area contributed by atoms with Crippen molar-refractivity contribution in [1.29, 1.82) is 0 Å². The summed E-state index contributed by atoms with van der Waals surface area (Å²) in [7, 11) is 0. The topological polar surface area (TPSA) is 93.5 Å². The molecule has 2 heterocycles. The highest BCUT2D eigenvalue weighted by molar-refractivity contribution is 7.80. The number of nitrogens with zero attached hydrogens (tertiary/aromatic N) is 2. The fraction of sp³-hybridized carbons (Fsp3) is 0.143. The molecule has 112 valence electrons. The summed E-state index contributed by atoms with van der Waals surface area (Å²) in [5, 5.41) is 11.9. The second kappa shape index (κ2) is 5.57. The number of carbonyl (C=O) groups is 1. The van der Waals surface area contributed by atoms with Crippen molar-refractivity contribution in [3.8, 4) is 5.75 Å². The maximum atomic E-state index is 12.4. The number of nitrogens with one attached hydrogen (secondary N) is 1. The van der Waals surface area contributed by atoms with Gasteiger partial charge in [0.1, 0.15) is 11.6 Å². The highest BCUT2D eigenvalue weighted by Crippen LogP contribution is 2.19. The number of benzene rings is 1. The van der Waals surface area contributed by atoms with Crippen molar-refractivity contribution in [3.63, 3.8) is 0 Å². The van der Waals surface area contributed by atoms with E-state index in [0.29, 0.717) is 4.99 Å². The predicted molar refractivity (Wildman–Crippen MR) is 82.5 cm³/mol. The minimum absolute atomic E-state index is 0.0786. The number of thiocarbonyl (C=S) groups is 1. The number of fused-ring (bicyclic) bond motifs is 1. The molecular formula is C14H11N3O4S. The van der Waals surface area contributed by atoms with Crippen molar-refractivity contribution in [3.05, 3.63) is 51.9 Å². The third-order valence-electron chi connectivity index (χ3n) is 3.11. The van der Waals surface area contributed by atoms with Gasteiger partial charge in [-0.05, 0) is 5.56 Å². The second-order valence-electron chi connectivity index (χ2n) is 4.63. The quantitative estimate of drug-likeness (QED) is 0.820. The van der Waals surface area contributed by atoms with Crippen LogP contribution in [0.1, 0.15) is 16.1 Å². The minimum atomic E-state index is -1.33. The van der Waals surface area contributed by atoms with E-state index in [-0.39, 0.29) is 24.8 Å². The second-order valence-corrected chi connectivity index (χ2v) is 5.12. The summed E-state index contributed by atoms with van der Waals surface area (Å²) in [5.41, 5.74) is -0.174. The Labute approximate surface area is 130 Å². The molecule has 2 N–H and O–H groups in total. The van der Waals surface area contributed by atoms with E-state index >= 15 is 0 Å². The van der Waals surface area contributed by atoms with Gasteiger partial charge in [0.05, 0.1) is 6.54 Å². The van der Waals surface area contributed by atoms with Gasteiger partial charge in [-0.2, -0.15) is 0 Å². The Balaban J connectivity index is 1.99. The Hall–Kier alpha value is -2.74. The predicted octanol–water partition coefficient (Wildman–Crippen LogP) is 1.27. The van der Waals surface area contributed by atoms with Crippen LogP contribution in [0, 0.1) is 0 Å². The first-order valence-electron chi connectivity index (χ1n) is 6.41. The molecule has 0 amide bonds. The van der Waals surface area contributed by atoms with E-state index in [4.69, 9.17) is 17.0 Å². The maximum absolute atomic E-state index is 12.4. The summed E-state index contributed by atoms with van der Waals surface area (Å²) in [4.78, 5) is 28.0. The molecule has 7 nitrogen and oxygen atoms in total. The summed E-state index contributed by atoms with van der Waals surface area (Å²) < 4.78 is 6.69. The molecule has 0 fully saturated rings. The summed E-state index contributed by atoms with van der Waals surface area (Å²) in [6, 6.07) is 9.13. The average Bonchev–Trinajstić information content (AvgIpc) is 2.88. The molecule has 0 aliphatic carbocycles. The zero-order chi connectivity index (χ0) is 15.7. The highest BCUT2D eigenvalue weighted by Gasteiger charge is 2.26. The molecule has 0 spiro atoms. The van der Waals surface area contributed by atoms with E-state index in [1.54, 1.807) is 0 Å². The van der Waals surface area contributed by atoms with Gasteiger partial charge in [-0.3, -0.25) is 9.36 Å². The number of carboxylic acids is 1. The number of carboxylic acid groups (broad SMARTS) is 1. The zero-order valence-corrected chi connectivity index (χ0v) is 12.1. The summed E-state index contributed by atoms with van der Waals surface area (Å²) in [6.45, 7) is 0.243. The van der Waals surface area contributed by atoms with Gasteiger partial charge in [-0.1, -0.05) is 42.5 Å². The molecule has 1 aromatic carbocycles. The van der Waals surface area contributed by atoms with Crippen LogP contribution < -0.4 is 15.6 Å². The van der Waals surface area contributed by atoms with Crippen LogP contribution in [-0.2, 0) is 13.2 Å². The third kappa shape index (κ3) is 2.56. The van der Waals surface area contributed by atoms with E-state index < -0.39 is 17.2 Å². The molecule has 0 saturated carbocycles. The Morgan fingerprint density at radius 3 is 2.82 bits per heavy atom. The SMILES string of the molecule is O=C(O)c1nc2n(c(=O)c1OCc1ccccc1)CC(=S)N2. The molecule has 0 radical (unpaired) electrons. The largest absolute Gasteiger partial charge is 0.481 e. The zero-order valence-electron chi connectivity index (χ0n) is 11.3. The first-order valence-corrected chi connectivity index (χ1v) is 6.82. The molecular weight excluding hydrogens is 306 g/mol. The lowest BCUT2D eigenvalue weighted by Crippen LogP contribution is -2.25. The molecule has 1 aliphatic heterocycles. The van der Waals surface area contributed by atoms with Crippen molar-refractivity contribution < 1.29 is 14.6 Å². The Morgan fingerprint density at radius 2 is 2.14 bits per heavy atom. The van der Waals surface area contributed by atoms with Crippen molar-refractivity contribution in [2.75, 3.05) is 5.32 Å². The van der Waals surface area contributed by atoms with Gasteiger partial charge in [0.15, 0.2) is 5.69 Å². The normalized spacial score (nSPS) is 12.6. The summed E-state index contributed by atoms with van der Waals surface area (Å²) in [5.74, 6) is -1.49. The van der Waals surface area contributed by atoms with E-state index in [9.17, 15) is 14.7 Å². The number of aromatic carboxylic acids is 1. The summed E-state index contributed by atoms with van der Waals surface area (Å²) in [6.07, 6.45) is 0.